The summed E-state index contributed by atoms with van der Waals surface area (Å²) in [6.45, 7) is 1.77. The molecule has 0 spiro atoms. The van der Waals surface area contributed by atoms with Crippen molar-refractivity contribution in [2.45, 2.75) is 19.4 Å². The fraction of sp³-hybridized carbons (Fsp3) is 0.300. The number of rotatable bonds is 3. The number of aliphatic carboxylic acids is 1. The van der Waals surface area contributed by atoms with Gasteiger partial charge in [0.15, 0.2) is 0 Å². The first-order chi connectivity index (χ1) is 6.50. The zero-order chi connectivity index (χ0) is 10.7. The van der Waals surface area contributed by atoms with Crippen LogP contribution in [0.15, 0.2) is 18.2 Å². The maximum absolute atomic E-state index is 12.8. The standard InChI is InChI=1S/C10H12FNO2.ClH/c1-6-2-3-7(11)4-8(6)9(12)5-10(13)14;/h2-4,9H,5,12H2,1H3,(H,13,14);1H/t9-;/m0./s1. The number of hydrogen-bond acceptors (Lipinski definition) is 2. The summed E-state index contributed by atoms with van der Waals surface area (Å²) in [5.41, 5.74) is 6.97. The Balaban J connectivity index is 0.00000196. The van der Waals surface area contributed by atoms with Crippen LogP contribution < -0.4 is 5.73 Å². The van der Waals surface area contributed by atoms with Crippen LogP contribution in [0.3, 0.4) is 0 Å². The molecule has 15 heavy (non-hydrogen) atoms. The third-order valence-electron chi connectivity index (χ3n) is 2.04. The van der Waals surface area contributed by atoms with Crippen molar-refractivity contribution in [3.63, 3.8) is 0 Å². The molecule has 0 bridgehead atoms. The maximum Gasteiger partial charge on any atom is 0.305 e. The molecule has 0 aliphatic rings. The number of nitrogens with two attached hydrogens (primary N) is 1. The predicted molar refractivity (Wildman–Crippen MR) is 57.6 cm³/mol. The molecule has 1 atom stereocenters. The van der Waals surface area contributed by atoms with Crippen molar-refractivity contribution in [3.8, 4) is 0 Å². The Morgan fingerprint density at radius 2 is 2.20 bits per heavy atom. The Kier molecular flexibility index (Phi) is 5.25. The molecule has 0 fully saturated rings. The molecule has 84 valence electrons. The fourth-order valence-electron chi connectivity index (χ4n) is 1.31. The smallest absolute Gasteiger partial charge is 0.305 e. The van der Waals surface area contributed by atoms with Crippen LogP contribution in [0.2, 0.25) is 0 Å². The minimum absolute atomic E-state index is 0. The van der Waals surface area contributed by atoms with Crippen LogP contribution >= 0.6 is 12.4 Å². The van der Waals surface area contributed by atoms with Crippen LogP contribution in [-0.2, 0) is 4.79 Å². The number of hydrogen-bond donors (Lipinski definition) is 2. The van der Waals surface area contributed by atoms with E-state index in [1.54, 1.807) is 13.0 Å². The van der Waals surface area contributed by atoms with Crippen molar-refractivity contribution >= 4 is 18.4 Å². The molecule has 1 aromatic carbocycles. The molecule has 1 aromatic rings. The molecule has 3 N–H and O–H groups in total. The second-order valence-corrected chi connectivity index (χ2v) is 3.21. The molecule has 0 aliphatic carbocycles. The maximum atomic E-state index is 12.8. The van der Waals surface area contributed by atoms with E-state index in [1.165, 1.54) is 12.1 Å². The fourth-order valence-corrected chi connectivity index (χ4v) is 1.31. The van der Waals surface area contributed by atoms with Gasteiger partial charge in [-0.2, -0.15) is 0 Å². The van der Waals surface area contributed by atoms with Gasteiger partial charge in [0.2, 0.25) is 0 Å². The molecular weight excluding hydrogens is 221 g/mol. The van der Waals surface area contributed by atoms with E-state index in [9.17, 15) is 9.18 Å². The molecule has 0 aliphatic heterocycles. The van der Waals surface area contributed by atoms with E-state index < -0.39 is 17.8 Å². The van der Waals surface area contributed by atoms with Crippen LogP contribution in [0.1, 0.15) is 23.6 Å². The second kappa shape index (κ2) is 5.68. The molecule has 0 saturated heterocycles. The third-order valence-corrected chi connectivity index (χ3v) is 2.04. The summed E-state index contributed by atoms with van der Waals surface area (Å²) in [5, 5.41) is 8.53. The van der Waals surface area contributed by atoms with E-state index in [-0.39, 0.29) is 18.8 Å². The second-order valence-electron chi connectivity index (χ2n) is 3.21. The molecule has 0 aromatic heterocycles. The summed E-state index contributed by atoms with van der Waals surface area (Å²) in [6.07, 6.45) is -0.190. The summed E-state index contributed by atoms with van der Waals surface area (Å²) in [4.78, 5) is 10.4. The van der Waals surface area contributed by atoms with Crippen LogP contribution in [0.25, 0.3) is 0 Å². The Bertz CT molecular complexity index is 357. The highest BCUT2D eigenvalue weighted by Gasteiger charge is 2.13. The van der Waals surface area contributed by atoms with Gasteiger partial charge in [0.1, 0.15) is 5.82 Å². The summed E-state index contributed by atoms with van der Waals surface area (Å²) in [5.74, 6) is -1.38. The van der Waals surface area contributed by atoms with Gasteiger partial charge in [-0.1, -0.05) is 6.07 Å². The lowest BCUT2D eigenvalue weighted by atomic mass is 9.99. The van der Waals surface area contributed by atoms with E-state index in [2.05, 4.69) is 0 Å². The van der Waals surface area contributed by atoms with Crippen LogP contribution in [-0.4, -0.2) is 11.1 Å². The molecule has 0 heterocycles. The Morgan fingerprint density at radius 1 is 1.60 bits per heavy atom. The van der Waals surface area contributed by atoms with Crippen molar-refractivity contribution < 1.29 is 14.3 Å². The van der Waals surface area contributed by atoms with E-state index >= 15 is 0 Å². The topological polar surface area (TPSA) is 63.3 Å². The first-order valence-corrected chi connectivity index (χ1v) is 4.24. The van der Waals surface area contributed by atoms with E-state index in [1.807, 2.05) is 0 Å². The van der Waals surface area contributed by atoms with Crippen molar-refractivity contribution in [1.29, 1.82) is 0 Å². The van der Waals surface area contributed by atoms with Crippen molar-refractivity contribution in [3.05, 3.63) is 35.1 Å². The minimum Gasteiger partial charge on any atom is -0.481 e. The predicted octanol–water partition coefficient (Wildman–Crippen LogP) is 2.03. The zero-order valence-electron chi connectivity index (χ0n) is 8.24. The molecule has 0 saturated carbocycles. The van der Waals surface area contributed by atoms with Crippen LogP contribution in [0.5, 0.6) is 0 Å². The van der Waals surface area contributed by atoms with Crippen LogP contribution in [0, 0.1) is 12.7 Å². The van der Waals surface area contributed by atoms with E-state index in [0.29, 0.717) is 5.56 Å². The van der Waals surface area contributed by atoms with Gasteiger partial charge in [0.25, 0.3) is 0 Å². The summed E-state index contributed by atoms with van der Waals surface area (Å²) in [6, 6.07) is 3.55. The van der Waals surface area contributed by atoms with E-state index in [0.717, 1.165) is 5.56 Å². The Hall–Kier alpha value is -1.13. The Morgan fingerprint density at radius 3 is 2.73 bits per heavy atom. The normalized spacial score (nSPS) is 11.7. The molecule has 0 radical (unpaired) electrons. The van der Waals surface area contributed by atoms with Gasteiger partial charge in [-0.3, -0.25) is 4.79 Å². The molecule has 0 unspecified atom stereocenters. The number of carbonyl (C=O) groups is 1. The summed E-state index contributed by atoms with van der Waals surface area (Å²) < 4.78 is 12.8. The average molecular weight is 234 g/mol. The summed E-state index contributed by atoms with van der Waals surface area (Å²) in [7, 11) is 0. The molecular formula is C10H13ClFNO2. The van der Waals surface area contributed by atoms with Crippen LogP contribution in [0.4, 0.5) is 4.39 Å². The quantitative estimate of drug-likeness (QED) is 0.840. The summed E-state index contributed by atoms with van der Waals surface area (Å²) >= 11 is 0. The number of carboxylic acid groups (broad SMARTS) is 1. The number of benzene rings is 1. The molecule has 3 nitrogen and oxygen atoms in total. The lowest BCUT2D eigenvalue weighted by molar-refractivity contribution is -0.137. The van der Waals surface area contributed by atoms with Crippen molar-refractivity contribution in [2.24, 2.45) is 5.73 Å². The highest BCUT2D eigenvalue weighted by Crippen LogP contribution is 2.19. The largest absolute Gasteiger partial charge is 0.481 e. The zero-order valence-corrected chi connectivity index (χ0v) is 9.05. The highest BCUT2D eigenvalue weighted by molar-refractivity contribution is 5.85. The van der Waals surface area contributed by atoms with Gasteiger partial charge in [-0.25, -0.2) is 4.39 Å². The minimum atomic E-state index is -0.985. The first kappa shape index (κ1) is 13.9. The number of halogens is 2. The van der Waals surface area contributed by atoms with Gasteiger partial charge >= 0.3 is 5.97 Å². The Labute approximate surface area is 93.5 Å². The molecule has 0 amide bonds. The SMILES string of the molecule is Cc1ccc(F)cc1[C@@H](N)CC(=O)O.Cl. The van der Waals surface area contributed by atoms with Gasteiger partial charge in [0.05, 0.1) is 6.42 Å². The number of aryl methyl sites for hydroxylation is 1. The van der Waals surface area contributed by atoms with Gasteiger partial charge in [-0.15, -0.1) is 12.4 Å². The third kappa shape index (κ3) is 3.85. The van der Waals surface area contributed by atoms with Crippen molar-refractivity contribution in [1.82, 2.24) is 0 Å². The molecule has 1 rings (SSSR count). The lowest BCUT2D eigenvalue weighted by Crippen LogP contribution is -2.16. The average Bonchev–Trinajstić information content (AvgIpc) is 2.08. The number of carboxylic acids is 1. The van der Waals surface area contributed by atoms with Gasteiger partial charge < -0.3 is 10.8 Å². The van der Waals surface area contributed by atoms with Crippen molar-refractivity contribution in [2.75, 3.05) is 0 Å². The first-order valence-electron chi connectivity index (χ1n) is 4.24. The van der Waals surface area contributed by atoms with Gasteiger partial charge in [-0.05, 0) is 30.2 Å². The molecule has 5 heteroatoms. The lowest BCUT2D eigenvalue weighted by Gasteiger charge is -2.12. The van der Waals surface area contributed by atoms with Gasteiger partial charge in [0, 0.05) is 6.04 Å². The van der Waals surface area contributed by atoms with E-state index in [4.69, 9.17) is 10.8 Å². The highest BCUT2D eigenvalue weighted by atomic mass is 35.5. The monoisotopic (exact) mass is 233 g/mol.